The van der Waals surface area contributed by atoms with Gasteiger partial charge in [-0.15, -0.1) is 0 Å². The van der Waals surface area contributed by atoms with Gasteiger partial charge in [0.1, 0.15) is 11.9 Å². The van der Waals surface area contributed by atoms with Gasteiger partial charge < -0.3 is 19.9 Å². The molecule has 1 spiro atoms. The molecule has 1 atom stereocenters. The second-order valence-corrected chi connectivity index (χ2v) is 6.42. The monoisotopic (exact) mass is 341 g/mol. The lowest BCUT2D eigenvalue weighted by Gasteiger charge is -2.43. The highest BCUT2D eigenvalue weighted by Crippen LogP contribution is 2.37. The summed E-state index contributed by atoms with van der Waals surface area (Å²) in [6.45, 7) is 2.33. The van der Waals surface area contributed by atoms with Crippen LogP contribution >= 0.6 is 15.9 Å². The molecule has 2 heterocycles. The van der Waals surface area contributed by atoms with Crippen molar-refractivity contribution >= 4 is 21.6 Å². The van der Waals surface area contributed by atoms with Crippen molar-refractivity contribution in [3.63, 3.8) is 0 Å². The van der Waals surface area contributed by atoms with E-state index in [0.717, 1.165) is 61.4 Å². The Bertz CT molecular complexity index is 469. The summed E-state index contributed by atoms with van der Waals surface area (Å²) in [5, 5.41) is 0. The number of hydrogen-bond donors (Lipinski definition) is 1. The maximum absolute atomic E-state index is 6.15. The highest BCUT2D eigenvalue weighted by atomic mass is 79.9. The number of hydrogen-bond acceptors (Lipinski definition) is 4. The molecular weight excluding hydrogens is 322 g/mol. The lowest BCUT2D eigenvalue weighted by Crippen LogP contribution is -2.47. The lowest BCUT2D eigenvalue weighted by atomic mass is 9.85. The Morgan fingerprint density at radius 2 is 2.05 bits per heavy atom. The summed E-state index contributed by atoms with van der Waals surface area (Å²) in [6.07, 6.45) is 3.96. The van der Waals surface area contributed by atoms with Crippen molar-refractivity contribution in [2.75, 3.05) is 25.6 Å². The Morgan fingerprint density at radius 3 is 2.85 bits per heavy atom. The van der Waals surface area contributed by atoms with Crippen LogP contribution in [0.1, 0.15) is 25.7 Å². The van der Waals surface area contributed by atoms with Crippen LogP contribution in [0.3, 0.4) is 0 Å². The van der Waals surface area contributed by atoms with Gasteiger partial charge >= 0.3 is 0 Å². The summed E-state index contributed by atoms with van der Waals surface area (Å²) in [4.78, 5) is 0. The lowest BCUT2D eigenvalue weighted by molar-refractivity contribution is -0.155. The fraction of sp³-hybridized carbons (Fsp3) is 0.600. The van der Waals surface area contributed by atoms with Crippen LogP contribution in [-0.2, 0) is 9.47 Å². The first-order chi connectivity index (χ1) is 9.67. The molecular formula is C15H20BrNO3. The van der Waals surface area contributed by atoms with Gasteiger partial charge in [0.25, 0.3) is 0 Å². The molecule has 20 heavy (non-hydrogen) atoms. The Labute approximate surface area is 127 Å². The molecule has 0 saturated carbocycles. The molecule has 0 amide bonds. The molecule has 4 nitrogen and oxygen atoms in total. The molecule has 110 valence electrons. The third kappa shape index (κ3) is 3.10. The summed E-state index contributed by atoms with van der Waals surface area (Å²) in [6, 6.07) is 5.66. The molecule has 2 aliphatic rings. The van der Waals surface area contributed by atoms with E-state index in [1.54, 1.807) is 0 Å². The second-order valence-electron chi connectivity index (χ2n) is 5.57. The number of anilines is 1. The average Bonchev–Trinajstić information content (AvgIpc) is 2.44. The Balaban J connectivity index is 1.69. The van der Waals surface area contributed by atoms with Gasteiger partial charge in [-0.2, -0.15) is 0 Å². The van der Waals surface area contributed by atoms with E-state index in [-0.39, 0.29) is 11.7 Å². The maximum Gasteiger partial charge on any atom is 0.135 e. The van der Waals surface area contributed by atoms with Crippen LogP contribution in [0.4, 0.5) is 5.69 Å². The van der Waals surface area contributed by atoms with Gasteiger partial charge in [-0.25, -0.2) is 0 Å². The molecule has 0 radical (unpaired) electrons. The van der Waals surface area contributed by atoms with Gasteiger partial charge in [-0.1, -0.05) is 0 Å². The Hall–Kier alpha value is -0.780. The predicted molar refractivity (Wildman–Crippen MR) is 80.9 cm³/mol. The molecule has 0 aliphatic carbocycles. The molecule has 1 aromatic carbocycles. The minimum atomic E-state index is -0.0477. The van der Waals surface area contributed by atoms with Crippen LogP contribution in [0.25, 0.3) is 0 Å². The summed E-state index contributed by atoms with van der Waals surface area (Å²) >= 11 is 3.51. The number of halogens is 1. The van der Waals surface area contributed by atoms with Crippen LogP contribution in [-0.4, -0.2) is 31.5 Å². The highest BCUT2D eigenvalue weighted by molar-refractivity contribution is 9.10. The number of benzene rings is 1. The predicted octanol–water partition coefficient (Wildman–Crippen LogP) is 3.14. The fourth-order valence-corrected chi connectivity index (χ4v) is 3.31. The van der Waals surface area contributed by atoms with E-state index in [2.05, 4.69) is 15.9 Å². The van der Waals surface area contributed by atoms with E-state index in [1.165, 1.54) is 0 Å². The number of nitrogen functional groups attached to an aromatic ring is 1. The van der Waals surface area contributed by atoms with Crippen LogP contribution in [0.15, 0.2) is 22.7 Å². The van der Waals surface area contributed by atoms with Crippen molar-refractivity contribution in [3.8, 4) is 5.75 Å². The highest BCUT2D eigenvalue weighted by Gasteiger charge is 2.40. The Morgan fingerprint density at radius 1 is 1.25 bits per heavy atom. The van der Waals surface area contributed by atoms with E-state index in [4.69, 9.17) is 19.9 Å². The molecule has 0 bridgehead atoms. The third-order valence-electron chi connectivity index (χ3n) is 4.10. The minimum Gasteiger partial charge on any atom is -0.489 e. The van der Waals surface area contributed by atoms with Gasteiger partial charge in [0, 0.05) is 37.8 Å². The minimum absolute atomic E-state index is 0.0477. The summed E-state index contributed by atoms with van der Waals surface area (Å²) in [7, 11) is 0. The molecule has 2 fully saturated rings. The van der Waals surface area contributed by atoms with Crippen LogP contribution in [0.5, 0.6) is 5.75 Å². The molecule has 2 saturated heterocycles. The topological polar surface area (TPSA) is 53.7 Å². The molecule has 0 aromatic heterocycles. The number of rotatable bonds is 2. The number of ether oxygens (including phenoxy) is 3. The zero-order valence-electron chi connectivity index (χ0n) is 11.4. The maximum atomic E-state index is 6.15. The van der Waals surface area contributed by atoms with Gasteiger partial charge in [-0.05, 0) is 40.9 Å². The van der Waals surface area contributed by atoms with Gasteiger partial charge in [0.05, 0.1) is 16.7 Å². The molecule has 3 rings (SSSR count). The zero-order valence-corrected chi connectivity index (χ0v) is 13.0. The molecule has 2 N–H and O–H groups in total. The normalized spacial score (nSPS) is 25.6. The van der Waals surface area contributed by atoms with Crippen molar-refractivity contribution in [1.29, 1.82) is 0 Å². The van der Waals surface area contributed by atoms with Crippen molar-refractivity contribution in [2.45, 2.75) is 37.4 Å². The number of nitrogens with two attached hydrogens (primary N) is 1. The smallest absolute Gasteiger partial charge is 0.135 e. The quantitative estimate of drug-likeness (QED) is 0.839. The molecule has 1 unspecified atom stereocenters. The summed E-state index contributed by atoms with van der Waals surface area (Å²) in [5.41, 5.74) is 6.50. The standard InChI is InChI=1S/C15H20BrNO3/c16-13-2-1-11(17)9-14(13)20-12-3-6-19-15(10-12)4-7-18-8-5-15/h1-2,9,12H,3-8,10,17H2. The first kappa shape index (κ1) is 14.2. The second kappa shape index (κ2) is 5.92. The van der Waals surface area contributed by atoms with Crippen molar-refractivity contribution in [1.82, 2.24) is 0 Å². The van der Waals surface area contributed by atoms with Crippen LogP contribution in [0, 0.1) is 0 Å². The van der Waals surface area contributed by atoms with Crippen LogP contribution < -0.4 is 10.5 Å². The SMILES string of the molecule is Nc1ccc(Br)c(OC2CCOC3(CCOCC3)C2)c1. The molecule has 2 aliphatic heterocycles. The summed E-state index contributed by atoms with van der Waals surface area (Å²) in [5.74, 6) is 0.819. The largest absolute Gasteiger partial charge is 0.489 e. The fourth-order valence-electron chi connectivity index (χ4n) is 2.97. The molecule has 1 aromatic rings. The Kier molecular flexibility index (Phi) is 4.19. The van der Waals surface area contributed by atoms with Gasteiger partial charge in [0.15, 0.2) is 0 Å². The van der Waals surface area contributed by atoms with E-state index in [0.29, 0.717) is 0 Å². The van der Waals surface area contributed by atoms with E-state index in [1.807, 2.05) is 18.2 Å². The average molecular weight is 342 g/mol. The third-order valence-corrected chi connectivity index (χ3v) is 4.76. The van der Waals surface area contributed by atoms with Crippen molar-refractivity contribution in [2.24, 2.45) is 0 Å². The first-order valence-corrected chi connectivity index (χ1v) is 7.90. The van der Waals surface area contributed by atoms with Crippen LogP contribution in [0.2, 0.25) is 0 Å². The van der Waals surface area contributed by atoms with E-state index in [9.17, 15) is 0 Å². The zero-order chi connectivity index (χ0) is 14.0. The summed E-state index contributed by atoms with van der Waals surface area (Å²) < 4.78 is 18.6. The van der Waals surface area contributed by atoms with E-state index < -0.39 is 0 Å². The van der Waals surface area contributed by atoms with Crippen molar-refractivity contribution < 1.29 is 14.2 Å². The van der Waals surface area contributed by atoms with E-state index >= 15 is 0 Å². The van der Waals surface area contributed by atoms with Gasteiger partial charge in [0.2, 0.25) is 0 Å². The van der Waals surface area contributed by atoms with Gasteiger partial charge in [-0.3, -0.25) is 0 Å². The van der Waals surface area contributed by atoms with Crippen molar-refractivity contribution in [3.05, 3.63) is 22.7 Å². The molecule has 5 heteroatoms. The first-order valence-electron chi connectivity index (χ1n) is 7.10.